The van der Waals surface area contributed by atoms with E-state index in [1.807, 2.05) is 0 Å². The number of hydrogen-bond donors (Lipinski definition) is 0. The number of hydrogen-bond acceptors (Lipinski definition) is 0. The molecular weight excluding hydrogens is 240 g/mol. The lowest BCUT2D eigenvalue weighted by molar-refractivity contribution is 0.435. The van der Waals surface area contributed by atoms with E-state index < -0.39 is 0 Å². The van der Waals surface area contributed by atoms with Gasteiger partial charge in [-0.3, -0.25) is 0 Å². The van der Waals surface area contributed by atoms with Gasteiger partial charge in [0.1, 0.15) is 0 Å². The summed E-state index contributed by atoms with van der Waals surface area (Å²) >= 11 is 0. The van der Waals surface area contributed by atoms with Gasteiger partial charge in [0.25, 0.3) is 0 Å². The van der Waals surface area contributed by atoms with Crippen LogP contribution >= 0.6 is 0 Å². The summed E-state index contributed by atoms with van der Waals surface area (Å²) in [5.74, 6) is 1.42. The van der Waals surface area contributed by atoms with Crippen molar-refractivity contribution in [3.63, 3.8) is 0 Å². The van der Waals surface area contributed by atoms with Gasteiger partial charge in [0.15, 0.2) is 0 Å². The molecule has 0 aliphatic heterocycles. The average molecular weight is 272 g/mol. The Labute approximate surface area is 126 Å². The summed E-state index contributed by atoms with van der Waals surface area (Å²) in [6.07, 6.45) is 17.9. The van der Waals surface area contributed by atoms with Gasteiger partial charge in [0.05, 0.1) is 0 Å². The minimum atomic E-state index is 0.696. The molecule has 0 saturated heterocycles. The molecule has 0 bridgehead atoms. The van der Waals surface area contributed by atoms with Crippen molar-refractivity contribution in [2.75, 3.05) is 0 Å². The Bertz CT molecular complexity index is 402. The van der Waals surface area contributed by atoms with E-state index in [0.717, 1.165) is 12.3 Å². The van der Waals surface area contributed by atoms with Crippen molar-refractivity contribution in [1.29, 1.82) is 0 Å². The smallest absolute Gasteiger partial charge is 0.0161 e. The van der Waals surface area contributed by atoms with E-state index in [1.165, 1.54) is 36.8 Å². The molecule has 0 amide bonds. The second-order valence-corrected chi connectivity index (χ2v) is 6.63. The largest absolute Gasteiger partial charge is 0.0853 e. The second-order valence-electron chi connectivity index (χ2n) is 6.63. The second kappa shape index (κ2) is 9.00. The Morgan fingerprint density at radius 2 is 1.65 bits per heavy atom. The van der Waals surface area contributed by atoms with Gasteiger partial charge in [-0.15, -0.1) is 0 Å². The van der Waals surface area contributed by atoms with Crippen LogP contribution in [-0.4, -0.2) is 0 Å². The molecule has 20 heavy (non-hydrogen) atoms. The summed E-state index contributed by atoms with van der Waals surface area (Å²) in [6, 6.07) is 0. The molecule has 0 radical (unpaired) electrons. The van der Waals surface area contributed by atoms with Crippen LogP contribution in [-0.2, 0) is 0 Å². The maximum absolute atomic E-state index is 2.44. The Hall–Kier alpha value is -1.04. The fourth-order valence-corrected chi connectivity index (χ4v) is 2.59. The number of rotatable bonds is 1. The zero-order valence-electron chi connectivity index (χ0n) is 14.1. The summed E-state index contributed by atoms with van der Waals surface area (Å²) in [4.78, 5) is 0. The predicted molar refractivity (Wildman–Crippen MR) is 91.8 cm³/mol. The molecule has 0 aromatic rings. The molecule has 0 N–H and O–H groups in total. The normalized spacial score (nSPS) is 32.3. The molecule has 0 heteroatoms. The highest BCUT2D eigenvalue weighted by atomic mass is 14.1. The Kier molecular flexibility index (Phi) is 7.65. The molecule has 0 heterocycles. The van der Waals surface area contributed by atoms with Crippen molar-refractivity contribution in [2.45, 2.75) is 66.7 Å². The maximum Gasteiger partial charge on any atom is -0.0161 e. The van der Waals surface area contributed by atoms with E-state index in [4.69, 9.17) is 0 Å². The highest BCUT2D eigenvalue weighted by Crippen LogP contribution is 2.23. The van der Waals surface area contributed by atoms with Crippen LogP contribution in [0.3, 0.4) is 0 Å². The van der Waals surface area contributed by atoms with Crippen LogP contribution in [0.1, 0.15) is 66.7 Å². The minimum Gasteiger partial charge on any atom is -0.0853 e. The zero-order chi connectivity index (χ0) is 15.0. The van der Waals surface area contributed by atoms with Gasteiger partial charge >= 0.3 is 0 Å². The fraction of sp³-hybridized carbons (Fsp3) is 0.600. The summed E-state index contributed by atoms with van der Waals surface area (Å²) in [7, 11) is 0. The van der Waals surface area contributed by atoms with E-state index in [0.29, 0.717) is 5.92 Å². The van der Waals surface area contributed by atoms with Gasteiger partial charge in [-0.1, -0.05) is 60.9 Å². The van der Waals surface area contributed by atoms with Crippen molar-refractivity contribution in [2.24, 2.45) is 11.8 Å². The summed E-state index contributed by atoms with van der Waals surface area (Å²) in [6.45, 7) is 11.4. The van der Waals surface area contributed by atoms with Gasteiger partial charge in [-0.05, 0) is 64.7 Å². The predicted octanol–water partition coefficient (Wildman–Crippen LogP) is 6.62. The maximum atomic E-state index is 2.44. The van der Waals surface area contributed by atoms with Crippen molar-refractivity contribution < 1.29 is 0 Å². The Morgan fingerprint density at radius 3 is 2.35 bits per heavy atom. The molecule has 1 atom stereocenters. The lowest BCUT2D eigenvalue weighted by atomic mass is 9.88. The summed E-state index contributed by atoms with van der Waals surface area (Å²) < 4.78 is 0. The molecule has 0 nitrogen and oxygen atoms in total. The third kappa shape index (κ3) is 6.93. The molecule has 1 rings (SSSR count). The van der Waals surface area contributed by atoms with Crippen molar-refractivity contribution in [3.05, 3.63) is 47.1 Å². The molecule has 1 aliphatic rings. The molecule has 0 unspecified atom stereocenters. The SMILES string of the molecule is CC1=C/C/C=C(\C)CC/C=C(\C)CC[C@@H](C(C)C)/C=C\1. The topological polar surface area (TPSA) is 0 Å². The monoisotopic (exact) mass is 272 g/mol. The first-order valence-electron chi connectivity index (χ1n) is 8.15. The molecule has 0 saturated carbocycles. The van der Waals surface area contributed by atoms with Crippen molar-refractivity contribution >= 4 is 0 Å². The van der Waals surface area contributed by atoms with Gasteiger partial charge in [-0.25, -0.2) is 0 Å². The standard InChI is InChI=1S/C20H32/c1-16(2)20-14-12-18(4)10-6-8-17(3)9-7-11-19(5)13-15-20/h8,10-12,14,16,20H,6-7,9,13,15H2,1-5H3/b14-12-,17-8+,18-10-,19-11+/t20-/m0/s1. The third-order valence-corrected chi connectivity index (χ3v) is 4.27. The summed E-state index contributed by atoms with van der Waals surface area (Å²) in [5, 5.41) is 0. The van der Waals surface area contributed by atoms with Crippen molar-refractivity contribution in [3.8, 4) is 0 Å². The average Bonchev–Trinajstić information content (AvgIpc) is 2.37. The first kappa shape index (κ1) is 17.0. The highest BCUT2D eigenvalue weighted by molar-refractivity contribution is 5.19. The summed E-state index contributed by atoms with van der Waals surface area (Å²) in [5.41, 5.74) is 4.46. The van der Waals surface area contributed by atoms with Gasteiger partial charge in [0.2, 0.25) is 0 Å². The number of allylic oxidation sites excluding steroid dienone is 8. The fourth-order valence-electron chi connectivity index (χ4n) is 2.59. The van der Waals surface area contributed by atoms with E-state index in [1.54, 1.807) is 5.57 Å². The van der Waals surface area contributed by atoms with E-state index in [2.05, 4.69) is 65.0 Å². The molecule has 1 aliphatic carbocycles. The van der Waals surface area contributed by atoms with Crippen LogP contribution in [0.4, 0.5) is 0 Å². The zero-order valence-corrected chi connectivity index (χ0v) is 14.1. The van der Waals surface area contributed by atoms with Crippen LogP contribution in [0.2, 0.25) is 0 Å². The quantitative estimate of drug-likeness (QED) is 0.471. The molecule has 0 spiro atoms. The van der Waals surface area contributed by atoms with Crippen LogP contribution in [0, 0.1) is 11.8 Å². The third-order valence-electron chi connectivity index (χ3n) is 4.27. The molecular formula is C20H32. The van der Waals surface area contributed by atoms with Crippen LogP contribution in [0.15, 0.2) is 47.1 Å². The lowest BCUT2D eigenvalue weighted by Crippen LogP contribution is -2.05. The van der Waals surface area contributed by atoms with Crippen LogP contribution in [0.25, 0.3) is 0 Å². The Morgan fingerprint density at radius 1 is 0.950 bits per heavy atom. The van der Waals surface area contributed by atoms with Gasteiger partial charge in [-0.2, -0.15) is 0 Å². The molecule has 0 aromatic heterocycles. The van der Waals surface area contributed by atoms with E-state index in [9.17, 15) is 0 Å². The van der Waals surface area contributed by atoms with Crippen molar-refractivity contribution in [1.82, 2.24) is 0 Å². The van der Waals surface area contributed by atoms with E-state index in [-0.39, 0.29) is 0 Å². The lowest BCUT2D eigenvalue weighted by Gasteiger charge is -2.17. The first-order chi connectivity index (χ1) is 9.49. The van der Waals surface area contributed by atoms with Gasteiger partial charge in [0, 0.05) is 0 Å². The van der Waals surface area contributed by atoms with Crippen LogP contribution < -0.4 is 0 Å². The van der Waals surface area contributed by atoms with E-state index >= 15 is 0 Å². The first-order valence-corrected chi connectivity index (χ1v) is 8.15. The molecule has 0 fully saturated rings. The molecule has 112 valence electrons. The van der Waals surface area contributed by atoms with Gasteiger partial charge < -0.3 is 0 Å². The van der Waals surface area contributed by atoms with Crippen LogP contribution in [0.5, 0.6) is 0 Å². The molecule has 0 aromatic carbocycles. The Balaban J connectivity index is 2.85. The minimum absolute atomic E-state index is 0.696. The highest BCUT2D eigenvalue weighted by Gasteiger charge is 2.09.